The highest BCUT2D eigenvalue weighted by Crippen LogP contribution is 2.39. The Morgan fingerprint density at radius 3 is 2.24 bits per heavy atom. The van der Waals surface area contributed by atoms with E-state index in [0.29, 0.717) is 0 Å². The van der Waals surface area contributed by atoms with Crippen molar-refractivity contribution in [1.29, 1.82) is 0 Å². The van der Waals surface area contributed by atoms with Gasteiger partial charge in [-0.3, -0.25) is 0 Å². The van der Waals surface area contributed by atoms with Crippen LogP contribution in [0.1, 0.15) is 28.0 Å². The lowest BCUT2D eigenvalue weighted by Gasteiger charge is -2.14. The maximum Gasteiger partial charge on any atom is 0.419 e. The number of hydrogen-bond donors (Lipinski definition) is 1. The summed E-state index contributed by atoms with van der Waals surface area (Å²) in [5, 5.41) is 8.41. The van der Waals surface area contributed by atoms with Gasteiger partial charge in [-0.1, -0.05) is 0 Å². The number of carboxylic acid groups (broad SMARTS) is 1. The Morgan fingerprint density at radius 1 is 1.35 bits per heavy atom. The number of nitrogens with zero attached hydrogens (tertiary/aromatic N) is 1. The summed E-state index contributed by atoms with van der Waals surface area (Å²) in [6.07, 6.45) is -9.29. The second-order valence-corrected chi connectivity index (χ2v) is 2.85. The first-order valence-electron chi connectivity index (χ1n) is 3.93. The van der Waals surface area contributed by atoms with Crippen molar-refractivity contribution in [3.05, 3.63) is 28.8 Å². The van der Waals surface area contributed by atoms with E-state index in [1.165, 1.54) is 0 Å². The number of aromatic carboxylic acids is 1. The molecule has 1 heterocycles. The van der Waals surface area contributed by atoms with Crippen molar-refractivity contribution in [3.63, 3.8) is 0 Å². The Morgan fingerprint density at radius 2 is 1.88 bits per heavy atom. The van der Waals surface area contributed by atoms with Gasteiger partial charge in [-0.15, -0.1) is 0 Å². The van der Waals surface area contributed by atoms with E-state index in [2.05, 4.69) is 4.98 Å². The average molecular weight is 259 g/mol. The molecule has 0 aliphatic heterocycles. The molecule has 3 nitrogen and oxygen atoms in total. The number of carbonyl (C=O) groups is 1. The van der Waals surface area contributed by atoms with Crippen molar-refractivity contribution in [2.45, 2.75) is 12.6 Å². The minimum absolute atomic E-state index is 0.0574. The van der Waals surface area contributed by atoms with Crippen LogP contribution in [-0.2, 0) is 6.18 Å². The molecule has 1 N–H and O–H groups in total. The molecule has 0 radical (unpaired) electrons. The molecule has 0 aromatic carbocycles. The molecule has 0 saturated heterocycles. The van der Waals surface area contributed by atoms with Crippen molar-refractivity contribution in [2.75, 3.05) is 0 Å². The summed E-state index contributed by atoms with van der Waals surface area (Å²) in [4.78, 5) is 13.1. The van der Waals surface area contributed by atoms with Crippen LogP contribution in [0.4, 0.5) is 26.3 Å². The molecule has 0 bridgehead atoms. The third kappa shape index (κ3) is 2.48. The number of aromatic nitrogens is 1. The van der Waals surface area contributed by atoms with E-state index >= 15 is 0 Å². The van der Waals surface area contributed by atoms with Crippen molar-refractivity contribution < 1.29 is 36.2 Å². The van der Waals surface area contributed by atoms with Crippen LogP contribution in [0.5, 0.6) is 0 Å². The average Bonchev–Trinajstić information content (AvgIpc) is 2.14. The zero-order chi connectivity index (χ0) is 13.4. The van der Waals surface area contributed by atoms with Crippen LogP contribution in [-0.4, -0.2) is 16.1 Å². The molecular weight excluding hydrogens is 256 g/mol. The van der Waals surface area contributed by atoms with Crippen LogP contribution in [0.25, 0.3) is 0 Å². The van der Waals surface area contributed by atoms with Gasteiger partial charge in [0.05, 0.1) is 11.8 Å². The van der Waals surface area contributed by atoms with Gasteiger partial charge in [-0.05, 0) is 0 Å². The van der Waals surface area contributed by atoms with E-state index in [0.717, 1.165) is 0 Å². The summed E-state index contributed by atoms with van der Waals surface area (Å²) in [7, 11) is 0. The highest BCUT2D eigenvalue weighted by molar-refractivity contribution is 5.87. The molecule has 0 aliphatic carbocycles. The molecule has 0 spiro atoms. The maximum absolute atomic E-state index is 12.8. The molecule has 0 atom stereocenters. The first kappa shape index (κ1) is 13.3. The van der Waals surface area contributed by atoms with Crippen LogP contribution < -0.4 is 0 Å². The van der Waals surface area contributed by atoms with E-state index in [-0.39, 0.29) is 6.20 Å². The number of rotatable bonds is 2. The second-order valence-electron chi connectivity index (χ2n) is 2.85. The van der Waals surface area contributed by atoms with Gasteiger partial charge in [-0.2, -0.15) is 13.2 Å². The van der Waals surface area contributed by atoms with Gasteiger partial charge in [-0.25, -0.2) is 22.9 Å². The molecule has 0 amide bonds. The highest BCUT2D eigenvalue weighted by Gasteiger charge is 2.42. The summed E-state index contributed by atoms with van der Waals surface area (Å²) in [6, 6.07) is 0. The molecule has 0 aliphatic rings. The van der Waals surface area contributed by atoms with Gasteiger partial charge in [0.15, 0.2) is 11.5 Å². The predicted molar refractivity (Wildman–Crippen MR) is 41.1 cm³/mol. The Bertz CT molecular complexity index is 456. The molecule has 1 rings (SSSR count). The summed E-state index contributed by atoms with van der Waals surface area (Å²) in [6.45, 7) is 0. The van der Waals surface area contributed by atoms with Gasteiger partial charge in [0, 0.05) is 0 Å². The van der Waals surface area contributed by atoms with E-state index in [1.807, 2.05) is 0 Å². The molecule has 0 saturated carbocycles. The zero-order valence-electron chi connectivity index (χ0n) is 7.73. The SMILES string of the molecule is O=C(O)c1ncc(F)c(C(F)(F)F)c1C(F)F. The summed E-state index contributed by atoms with van der Waals surface area (Å²) in [5.41, 5.74) is -5.79. The smallest absolute Gasteiger partial charge is 0.419 e. The number of hydrogen-bond acceptors (Lipinski definition) is 2. The Balaban J connectivity index is 3.67. The molecule has 0 unspecified atom stereocenters. The quantitative estimate of drug-likeness (QED) is 0.831. The fourth-order valence-electron chi connectivity index (χ4n) is 1.17. The first-order valence-corrected chi connectivity index (χ1v) is 3.93. The number of alkyl halides is 5. The minimum atomic E-state index is -5.43. The molecular formula is C8H3F6NO2. The van der Waals surface area contributed by atoms with Gasteiger partial charge in [0.2, 0.25) is 0 Å². The molecule has 1 aromatic rings. The molecule has 17 heavy (non-hydrogen) atoms. The molecule has 9 heteroatoms. The number of pyridine rings is 1. The zero-order valence-corrected chi connectivity index (χ0v) is 7.73. The van der Waals surface area contributed by atoms with E-state index in [4.69, 9.17) is 5.11 Å². The lowest BCUT2D eigenvalue weighted by Crippen LogP contribution is -2.18. The van der Waals surface area contributed by atoms with Crippen LogP contribution in [0.3, 0.4) is 0 Å². The van der Waals surface area contributed by atoms with Crippen LogP contribution in [0, 0.1) is 5.82 Å². The summed E-state index contributed by atoms with van der Waals surface area (Å²) < 4.78 is 74.6. The minimum Gasteiger partial charge on any atom is -0.476 e. The van der Waals surface area contributed by atoms with E-state index < -0.39 is 41.2 Å². The third-order valence-electron chi connectivity index (χ3n) is 1.77. The van der Waals surface area contributed by atoms with Crippen molar-refractivity contribution in [2.24, 2.45) is 0 Å². The Kier molecular flexibility index (Phi) is 3.30. The summed E-state index contributed by atoms with van der Waals surface area (Å²) >= 11 is 0. The fraction of sp³-hybridized carbons (Fsp3) is 0.250. The third-order valence-corrected chi connectivity index (χ3v) is 1.77. The standard InChI is InChI=1S/C8H3F6NO2/c9-2-1-15-5(7(16)17)3(6(10)11)4(2)8(12,13)14/h1,6H,(H,16,17). The normalized spacial score (nSPS) is 11.9. The number of carboxylic acids is 1. The lowest BCUT2D eigenvalue weighted by atomic mass is 10.1. The molecule has 94 valence electrons. The summed E-state index contributed by atoms with van der Waals surface area (Å²) in [5.74, 6) is -4.14. The van der Waals surface area contributed by atoms with E-state index in [9.17, 15) is 31.1 Å². The fourth-order valence-corrected chi connectivity index (χ4v) is 1.17. The van der Waals surface area contributed by atoms with Gasteiger partial charge >= 0.3 is 12.1 Å². The topological polar surface area (TPSA) is 50.2 Å². The number of halogens is 6. The van der Waals surface area contributed by atoms with E-state index in [1.54, 1.807) is 0 Å². The van der Waals surface area contributed by atoms with Crippen molar-refractivity contribution in [1.82, 2.24) is 4.98 Å². The first-order chi connectivity index (χ1) is 7.66. The van der Waals surface area contributed by atoms with Crippen LogP contribution >= 0.6 is 0 Å². The highest BCUT2D eigenvalue weighted by atomic mass is 19.4. The molecule has 1 aromatic heterocycles. The predicted octanol–water partition coefficient (Wildman–Crippen LogP) is 2.88. The van der Waals surface area contributed by atoms with Gasteiger partial charge in [0.25, 0.3) is 6.43 Å². The lowest BCUT2D eigenvalue weighted by molar-refractivity contribution is -0.142. The maximum atomic E-state index is 12.8. The largest absolute Gasteiger partial charge is 0.476 e. The Labute approximate surface area is 89.7 Å². The second kappa shape index (κ2) is 4.22. The van der Waals surface area contributed by atoms with Gasteiger partial charge in [0.1, 0.15) is 5.56 Å². The monoisotopic (exact) mass is 259 g/mol. The van der Waals surface area contributed by atoms with Crippen molar-refractivity contribution in [3.8, 4) is 0 Å². The van der Waals surface area contributed by atoms with Crippen molar-refractivity contribution >= 4 is 5.97 Å². The molecule has 0 fully saturated rings. The Hall–Kier alpha value is -1.80. The van der Waals surface area contributed by atoms with Gasteiger partial charge < -0.3 is 5.11 Å². The van der Waals surface area contributed by atoms with Crippen LogP contribution in [0.2, 0.25) is 0 Å². The van der Waals surface area contributed by atoms with Crippen LogP contribution in [0.15, 0.2) is 6.20 Å².